The summed E-state index contributed by atoms with van der Waals surface area (Å²) < 4.78 is 14.1. The first-order valence-electron chi connectivity index (χ1n) is 4.84. The summed E-state index contributed by atoms with van der Waals surface area (Å²) in [5, 5.41) is 0.243. The molecule has 17 heavy (non-hydrogen) atoms. The van der Waals surface area contributed by atoms with Gasteiger partial charge in [-0.2, -0.15) is 0 Å². The molecule has 0 bridgehead atoms. The van der Waals surface area contributed by atoms with Gasteiger partial charge in [-0.3, -0.25) is 4.79 Å². The monoisotopic (exact) mass is 312 g/mol. The lowest BCUT2D eigenvalue weighted by Gasteiger charge is -2.04. The zero-order chi connectivity index (χ0) is 12.4. The standard InChI is InChI=1S/C13H7BrClFO/c14-10-6-9(12(16)7-11(10)15)13(17)8-4-2-1-3-5-8/h1-7H. The van der Waals surface area contributed by atoms with Crippen molar-refractivity contribution in [3.63, 3.8) is 0 Å². The van der Waals surface area contributed by atoms with E-state index >= 15 is 0 Å². The van der Waals surface area contributed by atoms with Gasteiger partial charge in [-0.05, 0) is 28.1 Å². The van der Waals surface area contributed by atoms with Crippen LogP contribution in [0.25, 0.3) is 0 Å². The first-order valence-corrected chi connectivity index (χ1v) is 6.01. The van der Waals surface area contributed by atoms with Crippen LogP contribution in [-0.4, -0.2) is 5.78 Å². The van der Waals surface area contributed by atoms with Crippen molar-refractivity contribution < 1.29 is 9.18 Å². The van der Waals surface area contributed by atoms with E-state index in [0.717, 1.165) is 6.07 Å². The maximum Gasteiger partial charge on any atom is 0.196 e. The molecule has 2 aromatic rings. The van der Waals surface area contributed by atoms with Gasteiger partial charge in [0.1, 0.15) is 5.82 Å². The van der Waals surface area contributed by atoms with Crippen molar-refractivity contribution in [1.82, 2.24) is 0 Å². The van der Waals surface area contributed by atoms with Gasteiger partial charge in [-0.15, -0.1) is 0 Å². The number of rotatable bonds is 2. The second-order valence-corrected chi connectivity index (χ2v) is 4.70. The highest BCUT2D eigenvalue weighted by molar-refractivity contribution is 9.10. The highest BCUT2D eigenvalue weighted by Crippen LogP contribution is 2.26. The molecule has 0 unspecified atom stereocenters. The number of hydrogen-bond acceptors (Lipinski definition) is 1. The van der Waals surface area contributed by atoms with Crippen LogP contribution in [0.5, 0.6) is 0 Å². The van der Waals surface area contributed by atoms with Gasteiger partial charge in [-0.25, -0.2) is 4.39 Å². The van der Waals surface area contributed by atoms with Gasteiger partial charge in [0.2, 0.25) is 0 Å². The van der Waals surface area contributed by atoms with Crippen LogP contribution in [0.3, 0.4) is 0 Å². The first kappa shape index (κ1) is 12.3. The molecule has 0 saturated carbocycles. The third-order valence-corrected chi connectivity index (χ3v) is 3.49. The minimum Gasteiger partial charge on any atom is -0.288 e. The van der Waals surface area contributed by atoms with Gasteiger partial charge in [0, 0.05) is 10.0 Å². The Morgan fingerprint density at radius 1 is 1.18 bits per heavy atom. The molecule has 0 aliphatic carbocycles. The lowest BCUT2D eigenvalue weighted by molar-refractivity contribution is 0.103. The highest BCUT2D eigenvalue weighted by Gasteiger charge is 2.15. The molecule has 86 valence electrons. The number of hydrogen-bond donors (Lipinski definition) is 0. The Morgan fingerprint density at radius 2 is 1.82 bits per heavy atom. The average Bonchev–Trinajstić information content (AvgIpc) is 2.34. The van der Waals surface area contributed by atoms with Crippen molar-refractivity contribution in [2.45, 2.75) is 0 Å². The number of halogens is 3. The van der Waals surface area contributed by atoms with Crippen LogP contribution in [0.1, 0.15) is 15.9 Å². The summed E-state index contributed by atoms with van der Waals surface area (Å²) in [6.45, 7) is 0. The Bertz CT molecular complexity index is 569. The normalized spacial score (nSPS) is 10.3. The van der Waals surface area contributed by atoms with E-state index < -0.39 is 5.82 Å². The van der Waals surface area contributed by atoms with E-state index in [1.54, 1.807) is 30.3 Å². The Kier molecular flexibility index (Phi) is 3.60. The topological polar surface area (TPSA) is 17.1 Å². The fourth-order valence-electron chi connectivity index (χ4n) is 1.44. The first-order chi connectivity index (χ1) is 8.09. The van der Waals surface area contributed by atoms with Crippen LogP contribution in [0.4, 0.5) is 4.39 Å². The summed E-state index contributed by atoms with van der Waals surface area (Å²) in [5.41, 5.74) is 0.452. The quantitative estimate of drug-likeness (QED) is 0.590. The molecule has 4 heteroatoms. The van der Waals surface area contributed by atoms with Crippen LogP contribution >= 0.6 is 27.5 Å². The average molecular weight is 314 g/mol. The third kappa shape index (κ3) is 2.56. The van der Waals surface area contributed by atoms with Crippen molar-refractivity contribution in [1.29, 1.82) is 0 Å². The minimum absolute atomic E-state index is 0.00692. The second-order valence-electron chi connectivity index (χ2n) is 3.44. The van der Waals surface area contributed by atoms with E-state index in [9.17, 15) is 9.18 Å². The fourth-order valence-corrected chi connectivity index (χ4v) is 1.94. The molecule has 0 N–H and O–H groups in total. The molecule has 0 spiro atoms. The van der Waals surface area contributed by atoms with Gasteiger partial charge in [0.05, 0.1) is 10.6 Å². The van der Waals surface area contributed by atoms with E-state index in [1.807, 2.05) is 0 Å². The van der Waals surface area contributed by atoms with Crippen LogP contribution in [0.15, 0.2) is 46.9 Å². The van der Waals surface area contributed by atoms with Crippen LogP contribution in [0, 0.1) is 5.82 Å². The summed E-state index contributed by atoms with van der Waals surface area (Å²) in [7, 11) is 0. The number of carbonyl (C=O) groups excluding carboxylic acids is 1. The molecule has 0 heterocycles. The summed E-state index contributed by atoms with van der Waals surface area (Å²) in [6, 6.07) is 11.1. The molecule has 0 fully saturated rings. The van der Waals surface area contributed by atoms with Crippen molar-refractivity contribution in [3.8, 4) is 0 Å². The number of carbonyl (C=O) groups is 1. The SMILES string of the molecule is O=C(c1ccccc1)c1cc(Br)c(Cl)cc1F. The number of benzene rings is 2. The van der Waals surface area contributed by atoms with Gasteiger partial charge in [0.15, 0.2) is 5.78 Å². The smallest absolute Gasteiger partial charge is 0.196 e. The number of ketones is 1. The third-order valence-electron chi connectivity index (χ3n) is 2.29. The van der Waals surface area contributed by atoms with Crippen molar-refractivity contribution in [2.75, 3.05) is 0 Å². The second kappa shape index (κ2) is 4.98. The maximum atomic E-state index is 13.6. The van der Waals surface area contributed by atoms with E-state index in [4.69, 9.17) is 11.6 Å². The Hall–Kier alpha value is -1.19. The molecular weight excluding hydrogens is 306 g/mol. The van der Waals surface area contributed by atoms with Crippen molar-refractivity contribution in [3.05, 3.63) is 68.9 Å². The Labute approximate surface area is 111 Å². The maximum absolute atomic E-state index is 13.6. The zero-order valence-electron chi connectivity index (χ0n) is 8.58. The summed E-state index contributed by atoms with van der Waals surface area (Å²) >= 11 is 8.91. The zero-order valence-corrected chi connectivity index (χ0v) is 10.9. The molecule has 2 rings (SSSR count). The molecule has 0 aliphatic heterocycles. The largest absolute Gasteiger partial charge is 0.288 e. The van der Waals surface area contributed by atoms with E-state index in [1.165, 1.54) is 6.07 Å². The molecule has 2 aromatic carbocycles. The lowest BCUT2D eigenvalue weighted by atomic mass is 10.0. The summed E-state index contributed by atoms with van der Waals surface area (Å²) in [4.78, 5) is 12.0. The van der Waals surface area contributed by atoms with Gasteiger partial charge >= 0.3 is 0 Å². The van der Waals surface area contributed by atoms with Crippen LogP contribution in [0.2, 0.25) is 5.02 Å². The van der Waals surface area contributed by atoms with Gasteiger partial charge in [0.25, 0.3) is 0 Å². The van der Waals surface area contributed by atoms with Crippen LogP contribution < -0.4 is 0 Å². The predicted octanol–water partition coefficient (Wildman–Crippen LogP) is 4.47. The molecule has 0 atom stereocenters. The molecule has 1 nitrogen and oxygen atoms in total. The van der Waals surface area contributed by atoms with Gasteiger partial charge in [-0.1, -0.05) is 41.9 Å². The molecular formula is C13H7BrClFO. The minimum atomic E-state index is -0.618. The fraction of sp³-hybridized carbons (Fsp3) is 0. The lowest BCUT2D eigenvalue weighted by Crippen LogP contribution is -2.04. The predicted molar refractivity (Wildman–Crippen MR) is 69.0 cm³/mol. The molecule has 0 aliphatic rings. The summed E-state index contributed by atoms with van der Waals surface area (Å²) in [6.07, 6.45) is 0. The van der Waals surface area contributed by atoms with E-state index in [0.29, 0.717) is 10.0 Å². The molecule has 0 radical (unpaired) electrons. The van der Waals surface area contributed by atoms with Gasteiger partial charge < -0.3 is 0 Å². The van der Waals surface area contributed by atoms with Crippen LogP contribution in [-0.2, 0) is 0 Å². The van der Waals surface area contributed by atoms with Crippen molar-refractivity contribution >= 4 is 33.3 Å². The summed E-state index contributed by atoms with van der Waals surface area (Å²) in [5.74, 6) is -0.979. The molecule has 0 saturated heterocycles. The Balaban J connectivity index is 2.48. The highest BCUT2D eigenvalue weighted by atomic mass is 79.9. The van der Waals surface area contributed by atoms with E-state index in [2.05, 4.69) is 15.9 Å². The molecule has 0 amide bonds. The molecule has 0 aromatic heterocycles. The van der Waals surface area contributed by atoms with E-state index in [-0.39, 0.29) is 16.4 Å². The van der Waals surface area contributed by atoms with Crippen molar-refractivity contribution in [2.24, 2.45) is 0 Å². The Morgan fingerprint density at radius 3 is 2.47 bits per heavy atom.